The quantitative estimate of drug-likeness (QED) is 0.901. The van der Waals surface area contributed by atoms with Crippen LogP contribution in [0.1, 0.15) is 42.9 Å². The van der Waals surface area contributed by atoms with E-state index in [-0.39, 0.29) is 11.9 Å². The molecule has 1 saturated heterocycles. The molecule has 1 unspecified atom stereocenters. The summed E-state index contributed by atoms with van der Waals surface area (Å²) >= 11 is 0. The second kappa shape index (κ2) is 5.78. The fourth-order valence-electron chi connectivity index (χ4n) is 2.65. The number of aryl methyl sites for hydroxylation is 1. The average molecular weight is 263 g/mol. The van der Waals surface area contributed by atoms with E-state index in [9.17, 15) is 4.79 Å². The molecule has 0 bridgehead atoms. The molecule has 0 aromatic carbocycles. The van der Waals surface area contributed by atoms with Crippen molar-refractivity contribution in [3.8, 4) is 0 Å². The predicted octanol–water partition coefficient (Wildman–Crippen LogP) is 1.94. The molecule has 1 aliphatic rings. The van der Waals surface area contributed by atoms with Gasteiger partial charge in [-0.15, -0.1) is 0 Å². The normalized spacial score (nSPS) is 19.1. The number of carbonyl (C=O) groups excluding carboxylic acids is 1. The number of nitrogens with one attached hydrogen (secondary N) is 1. The van der Waals surface area contributed by atoms with Crippen LogP contribution >= 0.6 is 0 Å². The Morgan fingerprint density at radius 2 is 2.26 bits per heavy atom. The van der Waals surface area contributed by atoms with Gasteiger partial charge in [0, 0.05) is 31.4 Å². The van der Waals surface area contributed by atoms with Crippen molar-refractivity contribution < 1.29 is 4.79 Å². The smallest absolute Gasteiger partial charge is 0.270 e. The summed E-state index contributed by atoms with van der Waals surface area (Å²) in [5.74, 6) is 0.138. The first-order valence-electron chi connectivity index (χ1n) is 7.17. The van der Waals surface area contributed by atoms with E-state index in [1.165, 1.54) is 12.8 Å². The SMILES string of the molecule is Cc1ccc(C(=O)N(CC2CCCN2)C(C)C)n1C. The van der Waals surface area contributed by atoms with Crippen molar-refractivity contribution in [1.29, 1.82) is 0 Å². The Kier molecular flexibility index (Phi) is 4.30. The van der Waals surface area contributed by atoms with Gasteiger partial charge in [0.1, 0.15) is 5.69 Å². The largest absolute Gasteiger partial charge is 0.344 e. The van der Waals surface area contributed by atoms with Gasteiger partial charge in [0.25, 0.3) is 5.91 Å². The second-order valence-electron chi connectivity index (χ2n) is 5.76. The third-order valence-corrected chi connectivity index (χ3v) is 4.06. The molecule has 1 fully saturated rings. The summed E-state index contributed by atoms with van der Waals surface area (Å²) in [6.45, 7) is 8.08. The number of amides is 1. The highest BCUT2D eigenvalue weighted by atomic mass is 16.2. The summed E-state index contributed by atoms with van der Waals surface area (Å²) in [4.78, 5) is 14.7. The van der Waals surface area contributed by atoms with Crippen molar-refractivity contribution in [2.45, 2.75) is 45.7 Å². The summed E-state index contributed by atoms with van der Waals surface area (Å²) < 4.78 is 1.97. The Bertz CT molecular complexity index is 444. The molecular formula is C15H25N3O. The molecule has 4 nitrogen and oxygen atoms in total. The van der Waals surface area contributed by atoms with Gasteiger partial charge in [-0.05, 0) is 52.3 Å². The van der Waals surface area contributed by atoms with Crippen molar-refractivity contribution in [3.63, 3.8) is 0 Å². The zero-order valence-electron chi connectivity index (χ0n) is 12.4. The van der Waals surface area contributed by atoms with E-state index in [2.05, 4.69) is 19.2 Å². The molecule has 0 radical (unpaired) electrons. The highest BCUT2D eigenvalue weighted by molar-refractivity contribution is 5.93. The Morgan fingerprint density at radius 3 is 2.74 bits per heavy atom. The van der Waals surface area contributed by atoms with E-state index < -0.39 is 0 Å². The van der Waals surface area contributed by atoms with Crippen molar-refractivity contribution in [2.75, 3.05) is 13.1 Å². The van der Waals surface area contributed by atoms with Gasteiger partial charge < -0.3 is 14.8 Å². The molecule has 19 heavy (non-hydrogen) atoms. The molecule has 1 N–H and O–H groups in total. The lowest BCUT2D eigenvalue weighted by Crippen LogP contribution is -2.45. The number of carbonyl (C=O) groups is 1. The Morgan fingerprint density at radius 1 is 1.53 bits per heavy atom. The van der Waals surface area contributed by atoms with Crippen LogP contribution in [0.2, 0.25) is 0 Å². The molecule has 4 heteroatoms. The third kappa shape index (κ3) is 3.00. The van der Waals surface area contributed by atoms with Crippen LogP contribution in [0.3, 0.4) is 0 Å². The van der Waals surface area contributed by atoms with Crippen LogP contribution in [0.4, 0.5) is 0 Å². The molecule has 0 spiro atoms. The van der Waals surface area contributed by atoms with Gasteiger partial charge in [0.05, 0.1) is 0 Å². The van der Waals surface area contributed by atoms with Gasteiger partial charge in [-0.1, -0.05) is 0 Å². The van der Waals surface area contributed by atoms with Gasteiger partial charge in [-0.3, -0.25) is 4.79 Å². The van der Waals surface area contributed by atoms with E-state index in [1.54, 1.807) is 0 Å². The molecule has 1 aromatic rings. The summed E-state index contributed by atoms with van der Waals surface area (Å²) in [5, 5.41) is 3.47. The average Bonchev–Trinajstić information content (AvgIpc) is 2.97. The zero-order chi connectivity index (χ0) is 14.0. The highest BCUT2D eigenvalue weighted by Gasteiger charge is 2.25. The molecular weight excluding hydrogens is 238 g/mol. The first kappa shape index (κ1) is 14.1. The fourth-order valence-corrected chi connectivity index (χ4v) is 2.65. The van der Waals surface area contributed by atoms with Crippen molar-refractivity contribution in [3.05, 3.63) is 23.5 Å². The Labute approximate surface area is 115 Å². The maximum Gasteiger partial charge on any atom is 0.270 e. The minimum absolute atomic E-state index is 0.138. The van der Waals surface area contributed by atoms with Crippen LogP contribution in [-0.4, -0.2) is 40.5 Å². The van der Waals surface area contributed by atoms with Crippen LogP contribution < -0.4 is 5.32 Å². The summed E-state index contributed by atoms with van der Waals surface area (Å²) in [7, 11) is 1.95. The van der Waals surface area contributed by atoms with Crippen LogP contribution in [-0.2, 0) is 7.05 Å². The third-order valence-electron chi connectivity index (χ3n) is 4.06. The lowest BCUT2D eigenvalue weighted by Gasteiger charge is -2.29. The van der Waals surface area contributed by atoms with Crippen molar-refractivity contribution in [1.82, 2.24) is 14.8 Å². The number of hydrogen-bond acceptors (Lipinski definition) is 2. The first-order chi connectivity index (χ1) is 9.00. The molecule has 0 aliphatic carbocycles. The van der Waals surface area contributed by atoms with Crippen molar-refractivity contribution >= 4 is 5.91 Å². The van der Waals surface area contributed by atoms with Gasteiger partial charge in [-0.2, -0.15) is 0 Å². The second-order valence-corrected chi connectivity index (χ2v) is 5.76. The molecule has 106 valence electrons. The van der Waals surface area contributed by atoms with Crippen LogP contribution in [0.25, 0.3) is 0 Å². The molecule has 2 rings (SSSR count). The van der Waals surface area contributed by atoms with Crippen LogP contribution in [0, 0.1) is 6.92 Å². The lowest BCUT2D eigenvalue weighted by molar-refractivity contribution is 0.0679. The first-order valence-corrected chi connectivity index (χ1v) is 7.17. The van der Waals surface area contributed by atoms with E-state index >= 15 is 0 Å². The van der Waals surface area contributed by atoms with Crippen molar-refractivity contribution in [2.24, 2.45) is 7.05 Å². The predicted molar refractivity (Wildman–Crippen MR) is 77.3 cm³/mol. The molecule has 1 aromatic heterocycles. The molecule has 1 atom stereocenters. The maximum atomic E-state index is 12.7. The topological polar surface area (TPSA) is 37.3 Å². The fraction of sp³-hybridized carbons (Fsp3) is 0.667. The number of aromatic nitrogens is 1. The summed E-state index contributed by atoms with van der Waals surface area (Å²) in [6, 6.07) is 4.60. The number of nitrogens with zero attached hydrogens (tertiary/aromatic N) is 2. The Balaban J connectivity index is 2.14. The van der Waals surface area contributed by atoms with Gasteiger partial charge in [-0.25, -0.2) is 0 Å². The van der Waals surface area contributed by atoms with Gasteiger partial charge >= 0.3 is 0 Å². The standard InChI is InChI=1S/C15H25N3O/c1-11(2)18(10-13-6-5-9-16-13)15(19)14-8-7-12(3)17(14)4/h7-8,11,13,16H,5-6,9-10H2,1-4H3. The minimum atomic E-state index is 0.138. The van der Waals surface area contributed by atoms with E-state index in [0.717, 1.165) is 24.5 Å². The van der Waals surface area contributed by atoms with E-state index in [1.807, 2.05) is 35.6 Å². The summed E-state index contributed by atoms with van der Waals surface area (Å²) in [6.07, 6.45) is 2.39. The number of rotatable bonds is 4. The molecule has 2 heterocycles. The monoisotopic (exact) mass is 263 g/mol. The molecule has 0 saturated carbocycles. The Hall–Kier alpha value is -1.29. The zero-order valence-corrected chi connectivity index (χ0v) is 12.4. The number of hydrogen-bond donors (Lipinski definition) is 1. The van der Waals surface area contributed by atoms with Gasteiger partial charge in [0.2, 0.25) is 0 Å². The molecule has 1 amide bonds. The van der Waals surface area contributed by atoms with E-state index in [4.69, 9.17) is 0 Å². The highest BCUT2D eigenvalue weighted by Crippen LogP contribution is 2.15. The van der Waals surface area contributed by atoms with Crippen LogP contribution in [0.5, 0.6) is 0 Å². The summed E-state index contributed by atoms with van der Waals surface area (Å²) in [5.41, 5.74) is 1.90. The maximum absolute atomic E-state index is 12.7. The van der Waals surface area contributed by atoms with E-state index in [0.29, 0.717) is 6.04 Å². The minimum Gasteiger partial charge on any atom is -0.344 e. The molecule has 1 aliphatic heterocycles. The lowest BCUT2D eigenvalue weighted by atomic mass is 10.1. The van der Waals surface area contributed by atoms with Crippen LogP contribution in [0.15, 0.2) is 12.1 Å². The van der Waals surface area contributed by atoms with Gasteiger partial charge in [0.15, 0.2) is 0 Å².